The molecule has 0 N–H and O–H groups in total. The van der Waals surface area contributed by atoms with Crippen LogP contribution in [0.25, 0.3) is 33.1 Å². The molecule has 1 nitrogen and oxygen atoms in total. The normalized spacial score (nSPS) is 14.8. The van der Waals surface area contributed by atoms with E-state index in [9.17, 15) is 0 Å². The fraction of sp³-hybridized carbons (Fsp3) is 0.0323. The molecule has 6 aromatic rings. The van der Waals surface area contributed by atoms with E-state index in [1.54, 1.807) is 0 Å². The van der Waals surface area contributed by atoms with Crippen molar-refractivity contribution in [3.63, 3.8) is 0 Å². The Morgan fingerprint density at radius 2 is 1.15 bits per heavy atom. The maximum absolute atomic E-state index is 6.55. The van der Waals surface area contributed by atoms with E-state index in [0.29, 0.717) is 9.52 Å². The lowest BCUT2D eigenvalue weighted by atomic mass is 9.67. The summed E-state index contributed by atoms with van der Waals surface area (Å²) in [5.74, 6) is 0. The Kier molecular flexibility index (Phi) is 3.27. The molecule has 2 heteroatoms. The van der Waals surface area contributed by atoms with Crippen LogP contribution in [0, 0.1) is 0 Å². The molecule has 0 atom stereocenters. The smallest absolute Gasteiger partial charge is 0.135 e. The Morgan fingerprint density at radius 3 is 1.94 bits per heavy atom. The van der Waals surface area contributed by atoms with Crippen LogP contribution in [0.1, 0.15) is 22.3 Å². The summed E-state index contributed by atoms with van der Waals surface area (Å²) >= 11 is 0. The lowest BCUT2D eigenvalue weighted by molar-refractivity contribution is 0.669. The van der Waals surface area contributed by atoms with E-state index in [1.165, 1.54) is 54.5 Å². The summed E-state index contributed by atoms with van der Waals surface area (Å²) in [5.41, 5.74) is 9.88. The van der Waals surface area contributed by atoms with Crippen molar-refractivity contribution < 1.29 is 4.42 Å². The monoisotopic (exact) mass is 434 g/mol. The zero-order valence-electron chi connectivity index (χ0n) is 17.8. The molecule has 0 fully saturated rings. The lowest BCUT2D eigenvalue weighted by Crippen LogP contribution is -2.49. The SMILES string of the molecule is c1ccc2c(c1)[Si]c1c(ccc3c1oc1ccccc13)C21c2ccccc2-c2ccccc21. The molecule has 1 aromatic heterocycles. The molecule has 2 heterocycles. The Labute approximate surface area is 194 Å². The van der Waals surface area contributed by atoms with E-state index in [4.69, 9.17) is 4.42 Å². The fourth-order valence-electron chi connectivity index (χ4n) is 6.24. The third-order valence-electron chi connectivity index (χ3n) is 7.49. The van der Waals surface area contributed by atoms with Gasteiger partial charge in [0, 0.05) is 10.8 Å². The topological polar surface area (TPSA) is 13.1 Å². The first-order chi connectivity index (χ1) is 16.4. The van der Waals surface area contributed by atoms with E-state index in [2.05, 4.69) is 109 Å². The molecular weight excluding hydrogens is 416 g/mol. The van der Waals surface area contributed by atoms with Crippen LogP contribution in [-0.2, 0) is 5.41 Å². The zero-order chi connectivity index (χ0) is 21.6. The standard InChI is InChI=1S/C31H18OSi/c1-4-12-23-19(9-1)20-10-2-5-13-24(20)31(23)25-14-6-8-16-28(25)33-30-26(31)18-17-22-21-11-3-7-15-27(21)32-29(22)30/h1-18H. The number of hydrogen-bond acceptors (Lipinski definition) is 1. The van der Waals surface area contributed by atoms with Crippen molar-refractivity contribution in [2.45, 2.75) is 5.41 Å². The van der Waals surface area contributed by atoms with E-state index in [-0.39, 0.29) is 5.41 Å². The van der Waals surface area contributed by atoms with E-state index < -0.39 is 0 Å². The summed E-state index contributed by atoms with van der Waals surface area (Å²) in [6.07, 6.45) is 0. The van der Waals surface area contributed by atoms with Gasteiger partial charge in [-0.15, -0.1) is 0 Å². The van der Waals surface area contributed by atoms with Crippen molar-refractivity contribution in [2.24, 2.45) is 0 Å². The van der Waals surface area contributed by atoms with E-state index in [0.717, 1.165) is 11.2 Å². The molecule has 8 rings (SSSR count). The molecule has 0 unspecified atom stereocenters. The quantitative estimate of drug-likeness (QED) is 0.270. The highest BCUT2D eigenvalue weighted by atomic mass is 28.2. The minimum absolute atomic E-state index is 0.322. The summed E-state index contributed by atoms with van der Waals surface area (Å²) in [4.78, 5) is 0. The van der Waals surface area contributed by atoms with Gasteiger partial charge in [0.15, 0.2) is 0 Å². The van der Waals surface area contributed by atoms with Crippen LogP contribution in [0.5, 0.6) is 0 Å². The van der Waals surface area contributed by atoms with Gasteiger partial charge < -0.3 is 4.42 Å². The van der Waals surface area contributed by atoms with Crippen molar-refractivity contribution in [2.75, 3.05) is 0 Å². The van der Waals surface area contributed by atoms with Crippen LogP contribution in [0.4, 0.5) is 0 Å². The maximum Gasteiger partial charge on any atom is 0.135 e. The predicted octanol–water partition coefficient (Wildman–Crippen LogP) is 5.92. The number of hydrogen-bond donors (Lipinski definition) is 0. The minimum atomic E-state index is -0.322. The Morgan fingerprint density at radius 1 is 0.515 bits per heavy atom. The second kappa shape index (κ2) is 6.12. The van der Waals surface area contributed by atoms with Crippen molar-refractivity contribution in [1.82, 2.24) is 0 Å². The molecule has 0 saturated carbocycles. The summed E-state index contributed by atoms with van der Waals surface area (Å²) in [7, 11) is 0.564. The molecule has 152 valence electrons. The molecule has 0 amide bonds. The summed E-state index contributed by atoms with van der Waals surface area (Å²) < 4.78 is 6.55. The maximum atomic E-state index is 6.55. The van der Waals surface area contributed by atoms with Crippen molar-refractivity contribution >= 4 is 41.8 Å². The van der Waals surface area contributed by atoms with Crippen LogP contribution in [0.3, 0.4) is 0 Å². The van der Waals surface area contributed by atoms with Crippen LogP contribution < -0.4 is 10.4 Å². The molecule has 5 aromatic carbocycles. The molecule has 2 radical (unpaired) electrons. The van der Waals surface area contributed by atoms with Crippen LogP contribution in [0.15, 0.2) is 114 Å². The fourth-order valence-corrected chi connectivity index (χ4v) is 7.80. The number of para-hydroxylation sites is 1. The highest BCUT2D eigenvalue weighted by molar-refractivity contribution is 6.71. The van der Waals surface area contributed by atoms with Gasteiger partial charge in [0.2, 0.25) is 0 Å². The number of benzene rings is 5. The summed E-state index contributed by atoms with van der Waals surface area (Å²) in [6, 6.07) is 40.0. The van der Waals surface area contributed by atoms with Crippen molar-refractivity contribution in [3.8, 4) is 11.1 Å². The van der Waals surface area contributed by atoms with Gasteiger partial charge in [0.1, 0.15) is 20.7 Å². The van der Waals surface area contributed by atoms with E-state index in [1.807, 2.05) is 0 Å². The number of furan rings is 1. The largest absolute Gasteiger partial charge is 0.456 e. The van der Waals surface area contributed by atoms with Gasteiger partial charge in [-0.2, -0.15) is 0 Å². The Bertz CT molecular complexity index is 1710. The first kappa shape index (κ1) is 17.6. The minimum Gasteiger partial charge on any atom is -0.456 e. The third kappa shape index (κ3) is 2.03. The molecule has 1 aliphatic heterocycles. The molecular formula is C31H18OSi. The van der Waals surface area contributed by atoms with Crippen LogP contribution in [0.2, 0.25) is 0 Å². The predicted molar refractivity (Wildman–Crippen MR) is 136 cm³/mol. The molecule has 1 spiro atoms. The van der Waals surface area contributed by atoms with Crippen LogP contribution in [-0.4, -0.2) is 9.52 Å². The highest BCUT2D eigenvalue weighted by Crippen LogP contribution is 2.56. The molecule has 0 saturated heterocycles. The van der Waals surface area contributed by atoms with Gasteiger partial charge in [-0.05, 0) is 44.6 Å². The summed E-state index contributed by atoms with van der Waals surface area (Å²) in [5, 5.41) is 5.16. The lowest BCUT2D eigenvalue weighted by Gasteiger charge is -2.40. The van der Waals surface area contributed by atoms with Gasteiger partial charge in [-0.1, -0.05) is 108 Å². The molecule has 33 heavy (non-hydrogen) atoms. The van der Waals surface area contributed by atoms with Gasteiger partial charge in [0.25, 0.3) is 0 Å². The van der Waals surface area contributed by atoms with Crippen molar-refractivity contribution in [1.29, 1.82) is 0 Å². The Hall–Kier alpha value is -3.88. The van der Waals surface area contributed by atoms with Crippen molar-refractivity contribution in [3.05, 3.63) is 131 Å². The first-order valence-corrected chi connectivity index (χ1v) is 12.4. The first-order valence-electron chi connectivity index (χ1n) is 11.4. The highest BCUT2D eigenvalue weighted by Gasteiger charge is 2.50. The number of rotatable bonds is 0. The Balaban J connectivity index is 1.60. The number of fused-ring (bicyclic) bond motifs is 13. The second-order valence-corrected chi connectivity index (χ2v) is 10.3. The third-order valence-corrected chi connectivity index (χ3v) is 8.95. The summed E-state index contributed by atoms with van der Waals surface area (Å²) in [6.45, 7) is 0. The van der Waals surface area contributed by atoms with E-state index >= 15 is 0 Å². The van der Waals surface area contributed by atoms with Gasteiger partial charge in [-0.25, -0.2) is 0 Å². The average molecular weight is 435 g/mol. The van der Waals surface area contributed by atoms with Gasteiger partial charge in [-0.3, -0.25) is 0 Å². The van der Waals surface area contributed by atoms with Gasteiger partial charge in [0.05, 0.1) is 5.41 Å². The molecule has 0 bridgehead atoms. The molecule has 2 aliphatic rings. The van der Waals surface area contributed by atoms with Crippen LogP contribution >= 0.6 is 0 Å². The zero-order valence-corrected chi connectivity index (χ0v) is 18.8. The molecule has 1 aliphatic carbocycles. The average Bonchev–Trinajstić information content (AvgIpc) is 3.40. The van der Waals surface area contributed by atoms with Gasteiger partial charge >= 0.3 is 0 Å². The second-order valence-electron chi connectivity index (χ2n) is 8.97.